The van der Waals surface area contributed by atoms with Gasteiger partial charge in [0.15, 0.2) is 5.76 Å². The number of hydrogen-bond acceptors (Lipinski definition) is 7. The average molecular weight is 418 g/mol. The molecule has 0 saturated heterocycles. The van der Waals surface area contributed by atoms with Gasteiger partial charge in [-0.25, -0.2) is 18.5 Å². The van der Waals surface area contributed by atoms with Crippen LogP contribution < -0.4 is 5.14 Å². The number of oxazole rings is 1. The molecular weight excluding hydrogens is 396 g/mol. The number of hydrogen-bond donors (Lipinski definition) is 3. The summed E-state index contributed by atoms with van der Waals surface area (Å²) in [5.74, 6) is 0.688. The van der Waals surface area contributed by atoms with Crippen LogP contribution in [0.3, 0.4) is 0 Å². The molecule has 0 unspecified atom stereocenters. The van der Waals surface area contributed by atoms with Gasteiger partial charge in [-0.2, -0.15) is 0 Å². The standard InChI is InChI=1S/C20H22N2O6S/c1-20(12-23,13-24)27-11-17-22-18(14-5-3-2-4-6-14)19(28-17)15-7-9-16(10-8-15)29(21,25)26/h2-10,23-24H,11-13H2,1H3,(H2,21,25,26). The molecule has 1 heterocycles. The maximum Gasteiger partial charge on any atom is 0.238 e. The summed E-state index contributed by atoms with van der Waals surface area (Å²) >= 11 is 0. The first kappa shape index (κ1) is 21.2. The van der Waals surface area contributed by atoms with Crippen molar-refractivity contribution < 1.29 is 27.8 Å². The van der Waals surface area contributed by atoms with Crippen LogP contribution in [0.15, 0.2) is 63.9 Å². The number of ether oxygens (including phenoxy) is 1. The van der Waals surface area contributed by atoms with Gasteiger partial charge in [-0.05, 0) is 31.2 Å². The lowest BCUT2D eigenvalue weighted by molar-refractivity contribution is -0.109. The Bertz CT molecular complexity index is 1060. The van der Waals surface area contributed by atoms with Crippen LogP contribution in [0, 0.1) is 0 Å². The Morgan fingerprint density at radius 2 is 1.66 bits per heavy atom. The van der Waals surface area contributed by atoms with Crippen LogP contribution in [0.2, 0.25) is 0 Å². The van der Waals surface area contributed by atoms with Gasteiger partial charge < -0.3 is 19.4 Å². The molecule has 0 spiro atoms. The molecule has 0 atom stereocenters. The van der Waals surface area contributed by atoms with Crippen LogP contribution >= 0.6 is 0 Å². The van der Waals surface area contributed by atoms with Crippen molar-refractivity contribution in [3.05, 3.63) is 60.5 Å². The van der Waals surface area contributed by atoms with Gasteiger partial charge in [-0.1, -0.05) is 30.3 Å². The molecule has 1 aromatic heterocycles. The number of benzene rings is 2. The van der Waals surface area contributed by atoms with Gasteiger partial charge in [0.25, 0.3) is 0 Å². The predicted molar refractivity (Wildman–Crippen MR) is 106 cm³/mol. The fourth-order valence-electron chi connectivity index (χ4n) is 2.59. The third-order valence-electron chi connectivity index (χ3n) is 4.38. The largest absolute Gasteiger partial charge is 0.437 e. The van der Waals surface area contributed by atoms with Gasteiger partial charge in [0.05, 0.1) is 18.1 Å². The second kappa shape index (κ2) is 8.44. The van der Waals surface area contributed by atoms with E-state index < -0.39 is 15.6 Å². The Labute approximate surface area is 168 Å². The van der Waals surface area contributed by atoms with E-state index in [-0.39, 0.29) is 30.6 Å². The summed E-state index contributed by atoms with van der Waals surface area (Å²) in [6.45, 7) is 0.781. The van der Waals surface area contributed by atoms with Crippen LogP contribution in [0.1, 0.15) is 12.8 Å². The molecule has 0 saturated carbocycles. The second-order valence-corrected chi connectivity index (χ2v) is 8.34. The molecule has 8 nitrogen and oxygen atoms in total. The number of primary sulfonamides is 1. The van der Waals surface area contributed by atoms with Crippen LogP contribution in [0.25, 0.3) is 22.6 Å². The molecule has 0 bridgehead atoms. The molecule has 0 aliphatic rings. The SMILES string of the molecule is CC(CO)(CO)OCc1nc(-c2ccccc2)c(-c2ccc(S(N)(=O)=O)cc2)o1. The molecule has 4 N–H and O–H groups in total. The zero-order valence-electron chi connectivity index (χ0n) is 15.8. The van der Waals surface area contributed by atoms with Crippen molar-refractivity contribution in [2.75, 3.05) is 13.2 Å². The molecule has 0 fully saturated rings. The van der Waals surface area contributed by atoms with Crippen molar-refractivity contribution in [1.82, 2.24) is 4.98 Å². The Morgan fingerprint density at radius 1 is 1.03 bits per heavy atom. The molecular formula is C20H22N2O6S. The minimum atomic E-state index is -3.80. The highest BCUT2D eigenvalue weighted by Gasteiger charge is 2.25. The molecule has 0 amide bonds. The Kier molecular flexibility index (Phi) is 6.15. The lowest BCUT2D eigenvalue weighted by atomic mass is 10.1. The maximum absolute atomic E-state index is 11.5. The first-order valence-electron chi connectivity index (χ1n) is 8.80. The number of nitrogens with two attached hydrogens (primary N) is 1. The lowest BCUT2D eigenvalue weighted by Gasteiger charge is -2.24. The number of aliphatic hydroxyl groups is 2. The Morgan fingerprint density at radius 3 is 2.21 bits per heavy atom. The summed E-state index contributed by atoms with van der Waals surface area (Å²) in [6, 6.07) is 15.3. The zero-order chi connectivity index (χ0) is 21.1. The third kappa shape index (κ3) is 4.89. The number of sulfonamides is 1. The molecule has 0 aliphatic carbocycles. The number of nitrogens with zero attached hydrogens (tertiary/aromatic N) is 1. The van der Waals surface area contributed by atoms with Crippen LogP contribution in [-0.4, -0.2) is 42.4 Å². The van der Waals surface area contributed by atoms with Crippen molar-refractivity contribution in [3.63, 3.8) is 0 Å². The predicted octanol–water partition coefficient (Wildman–Crippen LogP) is 1.92. The summed E-state index contributed by atoms with van der Waals surface area (Å²) in [6.07, 6.45) is 0. The molecule has 0 aliphatic heterocycles. The highest BCUT2D eigenvalue weighted by Crippen LogP contribution is 2.33. The maximum atomic E-state index is 11.5. The molecule has 154 valence electrons. The van der Waals surface area contributed by atoms with Gasteiger partial charge in [-0.15, -0.1) is 0 Å². The fraction of sp³-hybridized carbons (Fsp3) is 0.250. The number of aromatic nitrogens is 1. The highest BCUT2D eigenvalue weighted by atomic mass is 32.2. The lowest BCUT2D eigenvalue weighted by Crippen LogP contribution is -2.37. The van der Waals surface area contributed by atoms with E-state index in [1.54, 1.807) is 19.1 Å². The van der Waals surface area contributed by atoms with Crippen LogP contribution in [0.5, 0.6) is 0 Å². The van der Waals surface area contributed by atoms with E-state index in [1.807, 2.05) is 30.3 Å². The van der Waals surface area contributed by atoms with Crippen molar-refractivity contribution in [1.29, 1.82) is 0 Å². The van der Waals surface area contributed by atoms with Gasteiger partial charge in [0, 0.05) is 11.1 Å². The van der Waals surface area contributed by atoms with Crippen molar-refractivity contribution >= 4 is 10.0 Å². The van der Waals surface area contributed by atoms with Crippen molar-refractivity contribution in [2.24, 2.45) is 5.14 Å². The summed E-state index contributed by atoms with van der Waals surface area (Å²) in [5.41, 5.74) is 0.850. The van der Waals surface area contributed by atoms with Crippen LogP contribution in [-0.2, 0) is 21.4 Å². The van der Waals surface area contributed by atoms with Gasteiger partial charge in [0.2, 0.25) is 15.9 Å². The fourth-order valence-corrected chi connectivity index (χ4v) is 3.10. The van der Waals surface area contributed by atoms with E-state index in [2.05, 4.69) is 4.98 Å². The minimum Gasteiger partial charge on any atom is -0.437 e. The Balaban J connectivity index is 2.00. The number of rotatable bonds is 8. The molecule has 3 rings (SSSR count). The Hall–Kier alpha value is -2.56. The molecule has 2 aromatic carbocycles. The molecule has 29 heavy (non-hydrogen) atoms. The monoisotopic (exact) mass is 418 g/mol. The van der Waals surface area contributed by atoms with E-state index >= 15 is 0 Å². The highest BCUT2D eigenvalue weighted by molar-refractivity contribution is 7.89. The molecule has 0 radical (unpaired) electrons. The van der Waals surface area contributed by atoms with Gasteiger partial charge in [0.1, 0.15) is 17.9 Å². The smallest absolute Gasteiger partial charge is 0.238 e. The van der Waals surface area contributed by atoms with E-state index in [9.17, 15) is 18.6 Å². The summed E-state index contributed by atoms with van der Waals surface area (Å²) in [7, 11) is -3.80. The summed E-state index contributed by atoms with van der Waals surface area (Å²) in [5, 5.41) is 23.9. The van der Waals surface area contributed by atoms with E-state index in [0.717, 1.165) is 5.56 Å². The minimum absolute atomic E-state index is 0.00718. The average Bonchev–Trinajstić information content (AvgIpc) is 3.16. The van der Waals surface area contributed by atoms with Crippen molar-refractivity contribution in [2.45, 2.75) is 24.0 Å². The van der Waals surface area contributed by atoms with E-state index in [4.69, 9.17) is 14.3 Å². The molecule has 3 aromatic rings. The zero-order valence-corrected chi connectivity index (χ0v) is 16.6. The number of aliphatic hydroxyl groups excluding tert-OH is 2. The molecule has 9 heteroatoms. The van der Waals surface area contributed by atoms with Gasteiger partial charge in [-0.3, -0.25) is 0 Å². The first-order chi connectivity index (χ1) is 13.8. The summed E-state index contributed by atoms with van der Waals surface area (Å²) in [4.78, 5) is 4.49. The second-order valence-electron chi connectivity index (χ2n) is 6.78. The first-order valence-corrected chi connectivity index (χ1v) is 10.3. The normalized spacial score (nSPS) is 12.3. The third-order valence-corrected chi connectivity index (χ3v) is 5.31. The van der Waals surface area contributed by atoms with E-state index in [0.29, 0.717) is 17.0 Å². The van der Waals surface area contributed by atoms with Gasteiger partial charge >= 0.3 is 0 Å². The quantitative estimate of drug-likeness (QED) is 0.508. The van der Waals surface area contributed by atoms with Crippen LogP contribution in [0.4, 0.5) is 0 Å². The van der Waals surface area contributed by atoms with Crippen molar-refractivity contribution in [3.8, 4) is 22.6 Å². The summed E-state index contributed by atoms with van der Waals surface area (Å²) < 4.78 is 34.4. The topological polar surface area (TPSA) is 136 Å². The van der Waals surface area contributed by atoms with E-state index in [1.165, 1.54) is 12.1 Å².